The minimum absolute atomic E-state index is 0.282. The van der Waals surface area contributed by atoms with Crippen molar-refractivity contribution in [1.82, 2.24) is 4.90 Å². The molecule has 1 aliphatic rings. The van der Waals surface area contributed by atoms with Crippen molar-refractivity contribution < 1.29 is 14.7 Å². The first-order valence-corrected chi connectivity index (χ1v) is 7.41. The summed E-state index contributed by atoms with van der Waals surface area (Å²) in [7, 11) is 0. The lowest BCUT2D eigenvalue weighted by molar-refractivity contribution is -0.140. The van der Waals surface area contributed by atoms with E-state index in [0.717, 1.165) is 27.8 Å². The van der Waals surface area contributed by atoms with Gasteiger partial charge in [-0.25, -0.2) is 0 Å². The Morgan fingerprint density at radius 1 is 1.38 bits per heavy atom. The second-order valence-electron chi connectivity index (χ2n) is 4.41. The molecule has 1 aromatic rings. The molecule has 1 saturated heterocycles. The summed E-state index contributed by atoms with van der Waals surface area (Å²) in [5.41, 5.74) is 1.79. The highest BCUT2D eigenvalue weighted by atomic mass is 32.2. The summed E-state index contributed by atoms with van der Waals surface area (Å²) >= 11 is 6.20. The second-order valence-corrected chi connectivity index (χ2v) is 6.05. The van der Waals surface area contributed by atoms with Gasteiger partial charge in [-0.3, -0.25) is 14.5 Å². The molecule has 4 nitrogen and oxygen atoms in total. The monoisotopic (exact) mass is 319 g/mol. The first-order chi connectivity index (χ1) is 9.99. The lowest BCUT2D eigenvalue weighted by Crippen LogP contribution is -2.33. The Bertz CT molecular complexity index is 650. The maximum Gasteiger partial charge on any atom is 0.323 e. The van der Waals surface area contributed by atoms with Crippen LogP contribution in [0.5, 0.6) is 0 Å². The molecule has 1 aromatic carbocycles. The minimum atomic E-state index is -1.08. The summed E-state index contributed by atoms with van der Waals surface area (Å²) in [6, 6.07) is 9.71. The van der Waals surface area contributed by atoms with E-state index in [1.165, 1.54) is 0 Å². The average Bonchev–Trinajstić information content (AvgIpc) is 2.73. The first-order valence-electron chi connectivity index (χ1n) is 6.18. The predicted octanol–water partition coefficient (Wildman–Crippen LogP) is 2.92. The van der Waals surface area contributed by atoms with E-state index in [9.17, 15) is 9.59 Å². The molecule has 21 heavy (non-hydrogen) atoms. The van der Waals surface area contributed by atoms with Gasteiger partial charge in [-0.05, 0) is 18.1 Å². The van der Waals surface area contributed by atoms with Crippen LogP contribution >= 0.6 is 24.0 Å². The molecule has 1 amide bonds. The van der Waals surface area contributed by atoms with E-state index in [4.69, 9.17) is 17.3 Å². The summed E-state index contributed by atoms with van der Waals surface area (Å²) in [5.74, 6) is -1.42. The van der Waals surface area contributed by atoms with Crippen molar-refractivity contribution in [2.24, 2.45) is 0 Å². The Labute approximate surface area is 132 Å². The van der Waals surface area contributed by atoms with Crippen LogP contribution in [0.3, 0.4) is 0 Å². The van der Waals surface area contributed by atoms with Crippen LogP contribution in [0, 0.1) is 0 Å². The van der Waals surface area contributed by atoms with Gasteiger partial charge in [0.1, 0.15) is 10.9 Å². The van der Waals surface area contributed by atoms with Crippen LogP contribution in [0.4, 0.5) is 0 Å². The van der Waals surface area contributed by atoms with E-state index in [-0.39, 0.29) is 10.2 Å². The Morgan fingerprint density at radius 2 is 2.05 bits per heavy atom. The van der Waals surface area contributed by atoms with Gasteiger partial charge in [0.15, 0.2) is 0 Å². The van der Waals surface area contributed by atoms with Crippen molar-refractivity contribution >= 4 is 46.3 Å². The number of amides is 1. The maximum atomic E-state index is 12.2. The highest BCUT2D eigenvalue weighted by molar-refractivity contribution is 8.26. The highest BCUT2D eigenvalue weighted by Gasteiger charge is 2.34. The quantitative estimate of drug-likeness (QED) is 0.683. The lowest BCUT2D eigenvalue weighted by Gasteiger charge is -2.10. The lowest BCUT2D eigenvalue weighted by atomic mass is 10.1. The zero-order chi connectivity index (χ0) is 15.4. The molecule has 0 radical (unpaired) electrons. The number of rotatable bonds is 4. The van der Waals surface area contributed by atoms with E-state index in [1.807, 2.05) is 49.4 Å². The number of hydrogen-bond donors (Lipinski definition) is 1. The molecule has 1 heterocycles. The fourth-order valence-electron chi connectivity index (χ4n) is 1.77. The molecular weight excluding hydrogens is 306 g/mol. The molecule has 1 fully saturated rings. The van der Waals surface area contributed by atoms with Gasteiger partial charge < -0.3 is 5.11 Å². The van der Waals surface area contributed by atoms with Crippen LogP contribution in [0.2, 0.25) is 0 Å². The smallest absolute Gasteiger partial charge is 0.323 e. The third kappa shape index (κ3) is 3.80. The minimum Gasteiger partial charge on any atom is -0.480 e. The molecular formula is C15H13NO3S2. The molecule has 1 N–H and O–H groups in total. The van der Waals surface area contributed by atoms with Crippen LogP contribution in [-0.2, 0) is 9.59 Å². The summed E-state index contributed by atoms with van der Waals surface area (Å²) < 4.78 is 0.282. The van der Waals surface area contributed by atoms with Gasteiger partial charge in [-0.2, -0.15) is 0 Å². The number of aliphatic carboxylic acids is 1. The number of benzene rings is 1. The maximum absolute atomic E-state index is 12.2. The average molecular weight is 319 g/mol. The normalized spacial score (nSPS) is 17.7. The van der Waals surface area contributed by atoms with Gasteiger partial charge >= 0.3 is 5.97 Å². The molecule has 0 aliphatic carbocycles. The largest absolute Gasteiger partial charge is 0.480 e. The van der Waals surface area contributed by atoms with E-state index in [0.29, 0.717) is 4.91 Å². The first kappa shape index (κ1) is 15.5. The highest BCUT2D eigenvalue weighted by Crippen LogP contribution is 2.33. The van der Waals surface area contributed by atoms with Crippen LogP contribution in [0.15, 0.2) is 46.9 Å². The van der Waals surface area contributed by atoms with Gasteiger partial charge in [0.2, 0.25) is 0 Å². The van der Waals surface area contributed by atoms with Crippen molar-refractivity contribution in [3.8, 4) is 0 Å². The molecule has 0 aromatic heterocycles. The van der Waals surface area contributed by atoms with Crippen LogP contribution in [-0.4, -0.2) is 32.7 Å². The van der Waals surface area contributed by atoms with Gasteiger partial charge in [-0.15, -0.1) is 0 Å². The van der Waals surface area contributed by atoms with Crippen LogP contribution in [0.25, 0.3) is 6.08 Å². The van der Waals surface area contributed by atoms with Crippen molar-refractivity contribution in [1.29, 1.82) is 0 Å². The van der Waals surface area contributed by atoms with Crippen molar-refractivity contribution in [2.45, 2.75) is 6.92 Å². The summed E-state index contributed by atoms with van der Waals surface area (Å²) in [6.07, 6.45) is 3.74. The number of hydrogen-bond acceptors (Lipinski definition) is 4. The van der Waals surface area contributed by atoms with Gasteiger partial charge in [0, 0.05) is 0 Å². The van der Waals surface area contributed by atoms with Crippen molar-refractivity contribution in [3.63, 3.8) is 0 Å². The van der Waals surface area contributed by atoms with Crippen LogP contribution in [0.1, 0.15) is 12.5 Å². The Balaban J connectivity index is 2.20. The van der Waals surface area contributed by atoms with Crippen molar-refractivity contribution in [2.75, 3.05) is 6.54 Å². The summed E-state index contributed by atoms with van der Waals surface area (Å²) in [5, 5.41) is 8.79. The molecule has 6 heteroatoms. The number of thioether (sulfide) groups is 1. The number of carboxylic acid groups (broad SMARTS) is 1. The Morgan fingerprint density at radius 3 is 2.67 bits per heavy atom. The third-order valence-corrected chi connectivity index (χ3v) is 4.39. The van der Waals surface area contributed by atoms with Gasteiger partial charge in [0.05, 0.1) is 4.91 Å². The van der Waals surface area contributed by atoms with Gasteiger partial charge in [0.25, 0.3) is 5.91 Å². The number of nitrogens with zero attached hydrogens (tertiary/aromatic N) is 1. The number of allylic oxidation sites excluding steroid dienone is 2. The van der Waals surface area contributed by atoms with E-state index in [1.54, 1.807) is 0 Å². The third-order valence-electron chi connectivity index (χ3n) is 2.83. The fourth-order valence-corrected chi connectivity index (χ4v) is 3.03. The SMILES string of the molecule is CC(/C=C/c1ccccc1)=C1SC(=S)N(CC(=O)O)C1=O. The zero-order valence-corrected chi connectivity index (χ0v) is 12.9. The number of carbonyl (C=O) groups excluding carboxylic acids is 1. The van der Waals surface area contributed by atoms with Crippen molar-refractivity contribution in [3.05, 3.63) is 52.4 Å². The topological polar surface area (TPSA) is 57.6 Å². The summed E-state index contributed by atoms with van der Waals surface area (Å²) in [4.78, 5) is 24.5. The molecule has 0 atom stereocenters. The number of carbonyl (C=O) groups is 2. The van der Waals surface area contributed by atoms with E-state index >= 15 is 0 Å². The van der Waals surface area contributed by atoms with E-state index < -0.39 is 12.5 Å². The predicted molar refractivity (Wildman–Crippen MR) is 87.7 cm³/mol. The zero-order valence-electron chi connectivity index (χ0n) is 11.3. The molecule has 2 rings (SSSR count). The molecule has 0 unspecified atom stereocenters. The molecule has 0 bridgehead atoms. The van der Waals surface area contributed by atoms with E-state index in [2.05, 4.69) is 0 Å². The number of thiocarbonyl (C=S) groups is 1. The molecule has 1 aliphatic heterocycles. The molecule has 108 valence electrons. The van der Waals surface area contributed by atoms with Crippen LogP contribution < -0.4 is 0 Å². The number of carboxylic acids is 1. The molecule has 0 spiro atoms. The van der Waals surface area contributed by atoms with Gasteiger partial charge in [-0.1, -0.05) is 66.5 Å². The Hall–Kier alpha value is -1.92. The second kappa shape index (κ2) is 6.69. The fraction of sp³-hybridized carbons (Fsp3) is 0.133. The Kier molecular flexibility index (Phi) is 4.93. The summed E-state index contributed by atoms with van der Waals surface area (Å²) in [6.45, 7) is 1.41. The molecule has 0 saturated carbocycles. The standard InChI is InChI=1S/C15H13NO3S2/c1-10(7-8-11-5-3-2-4-6-11)13-14(19)16(9-12(17)18)15(20)21-13/h2-8H,9H2,1H3,(H,17,18)/b8-7+,13-10?.